The lowest BCUT2D eigenvalue weighted by Crippen LogP contribution is -3.12. The van der Waals surface area contributed by atoms with Crippen molar-refractivity contribution in [3.05, 3.63) is 23.3 Å². The number of hydrogen-bond donors (Lipinski definition) is 2. The summed E-state index contributed by atoms with van der Waals surface area (Å²) in [6.07, 6.45) is 0.961. The fourth-order valence-electron chi connectivity index (χ4n) is 2.79. The molecule has 0 saturated heterocycles. The van der Waals surface area contributed by atoms with Crippen LogP contribution >= 0.6 is 0 Å². The molecule has 1 atom stereocenters. The Kier molecular flexibility index (Phi) is 5.66. The third kappa shape index (κ3) is 4.13. The van der Waals surface area contributed by atoms with Crippen LogP contribution in [0.5, 0.6) is 11.5 Å². The van der Waals surface area contributed by atoms with E-state index in [9.17, 15) is 4.79 Å². The third-order valence-corrected chi connectivity index (χ3v) is 4.01. The quantitative estimate of drug-likeness (QED) is 0.801. The minimum absolute atomic E-state index is 0.132. The van der Waals surface area contributed by atoms with Crippen LogP contribution in [0.15, 0.2) is 12.1 Å². The second-order valence-electron chi connectivity index (χ2n) is 6.28. The number of methoxy groups -OCH3 is 2. The SMILES string of the molecule is COc1cc2c(cc1OC)C[NH+](CC(=O)NCC(C)C)CC2. The molecule has 0 saturated carbocycles. The van der Waals surface area contributed by atoms with Crippen LogP contribution in [0.25, 0.3) is 0 Å². The first-order valence-corrected chi connectivity index (χ1v) is 7.87. The second-order valence-corrected chi connectivity index (χ2v) is 6.28. The van der Waals surface area contributed by atoms with Crippen LogP contribution in [0.1, 0.15) is 25.0 Å². The summed E-state index contributed by atoms with van der Waals surface area (Å²) in [6.45, 7) is 7.30. The first-order chi connectivity index (χ1) is 10.5. The second kappa shape index (κ2) is 7.49. The Labute approximate surface area is 132 Å². The summed E-state index contributed by atoms with van der Waals surface area (Å²) >= 11 is 0. The molecule has 2 rings (SSSR count). The molecule has 1 aromatic carbocycles. The average Bonchev–Trinajstić information content (AvgIpc) is 2.51. The highest BCUT2D eigenvalue weighted by Gasteiger charge is 2.23. The number of hydrogen-bond acceptors (Lipinski definition) is 3. The predicted molar refractivity (Wildman–Crippen MR) is 85.5 cm³/mol. The van der Waals surface area contributed by atoms with Gasteiger partial charge in [-0.1, -0.05) is 13.8 Å². The lowest BCUT2D eigenvalue weighted by molar-refractivity contribution is -0.908. The van der Waals surface area contributed by atoms with Gasteiger partial charge in [0.2, 0.25) is 0 Å². The maximum atomic E-state index is 12.0. The van der Waals surface area contributed by atoms with Crippen molar-refractivity contribution in [1.29, 1.82) is 0 Å². The van der Waals surface area contributed by atoms with Gasteiger partial charge in [0.15, 0.2) is 18.0 Å². The van der Waals surface area contributed by atoms with E-state index >= 15 is 0 Å². The lowest BCUT2D eigenvalue weighted by atomic mass is 9.99. The van der Waals surface area contributed by atoms with Gasteiger partial charge >= 0.3 is 0 Å². The molecule has 0 fully saturated rings. The zero-order valence-electron chi connectivity index (χ0n) is 14.0. The monoisotopic (exact) mass is 307 g/mol. The van der Waals surface area contributed by atoms with Crippen molar-refractivity contribution < 1.29 is 19.2 Å². The summed E-state index contributed by atoms with van der Waals surface area (Å²) in [6, 6.07) is 4.10. The van der Waals surface area contributed by atoms with Gasteiger partial charge in [0.05, 0.1) is 20.8 Å². The van der Waals surface area contributed by atoms with Crippen molar-refractivity contribution in [1.82, 2.24) is 5.32 Å². The van der Waals surface area contributed by atoms with Crippen molar-refractivity contribution in [3.63, 3.8) is 0 Å². The van der Waals surface area contributed by atoms with Gasteiger partial charge in [-0.3, -0.25) is 4.79 Å². The van der Waals surface area contributed by atoms with Crippen molar-refractivity contribution in [2.24, 2.45) is 5.92 Å². The summed E-state index contributed by atoms with van der Waals surface area (Å²) in [5, 5.41) is 2.99. The van der Waals surface area contributed by atoms with Crippen LogP contribution in [0.2, 0.25) is 0 Å². The van der Waals surface area contributed by atoms with Gasteiger partial charge in [-0.05, 0) is 23.6 Å². The average molecular weight is 307 g/mol. The smallest absolute Gasteiger partial charge is 0.275 e. The highest BCUT2D eigenvalue weighted by molar-refractivity contribution is 5.76. The highest BCUT2D eigenvalue weighted by Crippen LogP contribution is 2.31. The number of amides is 1. The molecule has 1 amide bonds. The molecular formula is C17H27N2O3+. The van der Waals surface area contributed by atoms with E-state index < -0.39 is 0 Å². The van der Waals surface area contributed by atoms with Crippen molar-refractivity contribution in [3.8, 4) is 11.5 Å². The predicted octanol–water partition coefficient (Wildman–Crippen LogP) is 0.417. The van der Waals surface area contributed by atoms with Gasteiger partial charge in [0.25, 0.3) is 5.91 Å². The number of quaternary nitrogens is 1. The topological polar surface area (TPSA) is 52.0 Å². The Morgan fingerprint density at radius 1 is 1.23 bits per heavy atom. The van der Waals surface area contributed by atoms with E-state index in [1.165, 1.54) is 16.0 Å². The van der Waals surface area contributed by atoms with Gasteiger partial charge < -0.3 is 19.7 Å². The summed E-state index contributed by atoms with van der Waals surface area (Å²) in [4.78, 5) is 13.3. The number of benzene rings is 1. The van der Waals surface area contributed by atoms with E-state index in [2.05, 4.69) is 25.2 Å². The van der Waals surface area contributed by atoms with Crippen LogP contribution < -0.4 is 19.7 Å². The number of nitrogens with one attached hydrogen (secondary N) is 2. The molecule has 1 aliphatic rings. The van der Waals surface area contributed by atoms with Gasteiger partial charge in [0.1, 0.15) is 6.54 Å². The maximum absolute atomic E-state index is 12.0. The van der Waals surface area contributed by atoms with Crippen LogP contribution in [0.4, 0.5) is 0 Å². The molecule has 0 radical (unpaired) electrons. The Bertz CT molecular complexity index is 529. The zero-order chi connectivity index (χ0) is 16.1. The molecule has 1 aliphatic heterocycles. The van der Waals surface area contributed by atoms with E-state index in [0.717, 1.165) is 37.6 Å². The Hall–Kier alpha value is -1.75. The molecule has 5 heteroatoms. The number of rotatable bonds is 6. The van der Waals surface area contributed by atoms with Crippen molar-refractivity contribution in [2.75, 3.05) is 33.9 Å². The number of carbonyl (C=O) groups excluding carboxylic acids is 1. The first kappa shape index (κ1) is 16.6. The minimum atomic E-state index is 0.132. The fraction of sp³-hybridized carbons (Fsp3) is 0.588. The van der Waals surface area contributed by atoms with Gasteiger partial charge in [0, 0.05) is 18.5 Å². The molecule has 22 heavy (non-hydrogen) atoms. The first-order valence-electron chi connectivity index (χ1n) is 7.87. The van der Waals surface area contributed by atoms with E-state index in [1.54, 1.807) is 14.2 Å². The molecular weight excluding hydrogens is 280 g/mol. The Balaban J connectivity index is 2.00. The van der Waals surface area contributed by atoms with Crippen molar-refractivity contribution in [2.45, 2.75) is 26.8 Å². The summed E-state index contributed by atoms with van der Waals surface area (Å²) < 4.78 is 10.7. The molecule has 5 nitrogen and oxygen atoms in total. The molecule has 0 spiro atoms. The van der Waals surface area contributed by atoms with Crippen molar-refractivity contribution >= 4 is 5.91 Å². The largest absolute Gasteiger partial charge is 0.493 e. The molecule has 1 aromatic rings. The molecule has 0 aliphatic carbocycles. The summed E-state index contributed by atoms with van der Waals surface area (Å²) in [5.41, 5.74) is 2.54. The van der Waals surface area contributed by atoms with E-state index in [1.807, 2.05) is 6.07 Å². The number of ether oxygens (including phenoxy) is 2. The Morgan fingerprint density at radius 3 is 2.45 bits per heavy atom. The third-order valence-electron chi connectivity index (χ3n) is 4.01. The minimum Gasteiger partial charge on any atom is -0.493 e. The van der Waals surface area contributed by atoms with Crippen LogP contribution in [-0.2, 0) is 17.8 Å². The maximum Gasteiger partial charge on any atom is 0.275 e. The van der Waals surface area contributed by atoms with Crippen LogP contribution in [-0.4, -0.2) is 39.8 Å². The number of carbonyl (C=O) groups is 1. The van der Waals surface area contributed by atoms with E-state index in [4.69, 9.17) is 9.47 Å². The highest BCUT2D eigenvalue weighted by atomic mass is 16.5. The van der Waals surface area contributed by atoms with Gasteiger partial charge in [-0.2, -0.15) is 0 Å². The normalized spacial score (nSPS) is 17.0. The molecule has 0 bridgehead atoms. The van der Waals surface area contributed by atoms with Crippen LogP contribution in [0.3, 0.4) is 0 Å². The molecule has 2 N–H and O–H groups in total. The standard InChI is InChI=1S/C17H26N2O3/c1-12(2)9-18-17(20)11-19-6-5-13-7-15(21-3)16(22-4)8-14(13)10-19/h7-8,12H,5-6,9-11H2,1-4H3,(H,18,20)/p+1. The van der Waals surface area contributed by atoms with Gasteiger partial charge in [-0.25, -0.2) is 0 Å². The zero-order valence-corrected chi connectivity index (χ0v) is 14.0. The molecule has 0 aromatic heterocycles. The Morgan fingerprint density at radius 2 is 1.86 bits per heavy atom. The fourth-order valence-corrected chi connectivity index (χ4v) is 2.79. The van der Waals surface area contributed by atoms with E-state index in [0.29, 0.717) is 12.5 Å². The molecule has 1 heterocycles. The molecule has 122 valence electrons. The van der Waals surface area contributed by atoms with E-state index in [-0.39, 0.29) is 5.91 Å². The molecule has 1 unspecified atom stereocenters. The summed E-state index contributed by atoms with van der Waals surface area (Å²) in [5.74, 6) is 2.15. The number of fused-ring (bicyclic) bond motifs is 1. The van der Waals surface area contributed by atoms with Crippen LogP contribution in [0, 0.1) is 5.92 Å². The van der Waals surface area contributed by atoms with Gasteiger partial charge in [-0.15, -0.1) is 0 Å². The lowest BCUT2D eigenvalue weighted by Gasteiger charge is -2.26. The summed E-state index contributed by atoms with van der Waals surface area (Å²) in [7, 11) is 3.31.